The average molecular weight is 390 g/mol. The highest BCUT2D eigenvalue weighted by Gasteiger charge is 2.21. The molecule has 1 heterocycles. The molecule has 4 heteroatoms. The van der Waals surface area contributed by atoms with Crippen LogP contribution in [-0.2, 0) is 17.9 Å². The first-order chi connectivity index (χ1) is 14.0. The zero-order valence-corrected chi connectivity index (χ0v) is 17.8. The van der Waals surface area contributed by atoms with Gasteiger partial charge in [-0.1, -0.05) is 49.1 Å². The third-order valence-corrected chi connectivity index (χ3v) is 6.29. The van der Waals surface area contributed by atoms with Gasteiger partial charge in [-0.05, 0) is 62.4 Å². The second-order valence-corrected chi connectivity index (χ2v) is 8.53. The molecule has 0 atom stereocenters. The topological polar surface area (TPSA) is 46.9 Å². The van der Waals surface area contributed by atoms with E-state index in [9.17, 15) is 4.79 Å². The van der Waals surface area contributed by atoms with Crippen LogP contribution in [0.2, 0.25) is 0 Å². The molecule has 1 amide bonds. The van der Waals surface area contributed by atoms with Gasteiger partial charge in [0.2, 0.25) is 5.91 Å². The molecule has 0 aliphatic heterocycles. The summed E-state index contributed by atoms with van der Waals surface area (Å²) in [6.45, 7) is 7.75. The summed E-state index contributed by atoms with van der Waals surface area (Å²) in [5, 5.41) is 3.17. The minimum Gasteiger partial charge on any atom is -0.349 e. The lowest BCUT2D eigenvalue weighted by molar-refractivity contribution is -0.126. The first-order valence-corrected chi connectivity index (χ1v) is 10.8. The van der Waals surface area contributed by atoms with E-state index in [4.69, 9.17) is 4.98 Å². The number of aromatic nitrogens is 2. The fourth-order valence-electron chi connectivity index (χ4n) is 4.73. The fraction of sp³-hybridized carbons (Fsp3) is 0.440. The molecule has 0 spiro atoms. The van der Waals surface area contributed by atoms with Crippen LogP contribution in [0.15, 0.2) is 36.4 Å². The van der Waals surface area contributed by atoms with Gasteiger partial charge < -0.3 is 9.88 Å². The fourth-order valence-corrected chi connectivity index (χ4v) is 4.73. The third kappa shape index (κ3) is 4.21. The van der Waals surface area contributed by atoms with Crippen molar-refractivity contribution in [1.82, 2.24) is 14.9 Å². The van der Waals surface area contributed by atoms with E-state index in [2.05, 4.69) is 54.9 Å². The first-order valence-electron chi connectivity index (χ1n) is 10.8. The number of benzene rings is 2. The van der Waals surface area contributed by atoms with Crippen molar-refractivity contribution in [3.63, 3.8) is 0 Å². The number of fused-ring (bicyclic) bond motifs is 1. The summed E-state index contributed by atoms with van der Waals surface area (Å²) in [5.74, 6) is 1.28. The minimum atomic E-state index is 0.170. The highest BCUT2D eigenvalue weighted by atomic mass is 16.1. The second-order valence-electron chi connectivity index (χ2n) is 8.53. The van der Waals surface area contributed by atoms with Crippen LogP contribution in [0, 0.1) is 26.7 Å². The summed E-state index contributed by atoms with van der Waals surface area (Å²) in [7, 11) is 0. The molecule has 2 aromatic carbocycles. The SMILES string of the molecule is Cc1cc(C)c(Cn2c(CNC(=O)C3CCCCC3)nc3ccccc32)c(C)c1. The summed E-state index contributed by atoms with van der Waals surface area (Å²) < 4.78 is 2.27. The van der Waals surface area contributed by atoms with Crippen LogP contribution >= 0.6 is 0 Å². The molecule has 0 saturated heterocycles. The van der Waals surface area contributed by atoms with E-state index in [1.165, 1.54) is 41.5 Å². The molecular formula is C25H31N3O. The van der Waals surface area contributed by atoms with E-state index in [-0.39, 0.29) is 11.8 Å². The number of carbonyl (C=O) groups is 1. The summed E-state index contributed by atoms with van der Waals surface area (Å²) in [4.78, 5) is 17.5. The predicted octanol–water partition coefficient (Wildman–Crippen LogP) is 5.21. The number of amides is 1. The Morgan fingerprint density at radius 1 is 1.07 bits per heavy atom. The monoisotopic (exact) mass is 389 g/mol. The Bertz CT molecular complexity index is 1000. The second kappa shape index (κ2) is 8.40. The Morgan fingerprint density at radius 3 is 2.48 bits per heavy atom. The van der Waals surface area contributed by atoms with Gasteiger partial charge in [0.15, 0.2) is 0 Å². The molecule has 1 saturated carbocycles. The van der Waals surface area contributed by atoms with E-state index in [0.29, 0.717) is 6.54 Å². The maximum Gasteiger partial charge on any atom is 0.223 e. The molecule has 1 N–H and O–H groups in total. The number of rotatable bonds is 5. The maximum atomic E-state index is 12.7. The maximum absolute atomic E-state index is 12.7. The molecule has 1 fully saturated rings. The van der Waals surface area contributed by atoms with E-state index >= 15 is 0 Å². The number of carbonyl (C=O) groups excluding carboxylic acids is 1. The van der Waals surface area contributed by atoms with Crippen molar-refractivity contribution in [3.05, 3.63) is 64.5 Å². The number of nitrogens with one attached hydrogen (secondary N) is 1. The van der Waals surface area contributed by atoms with Gasteiger partial charge in [0.1, 0.15) is 5.82 Å². The van der Waals surface area contributed by atoms with Crippen molar-refractivity contribution in [3.8, 4) is 0 Å². The van der Waals surface area contributed by atoms with Gasteiger partial charge in [0.25, 0.3) is 0 Å². The molecule has 1 aliphatic rings. The first kappa shape index (κ1) is 19.7. The third-order valence-electron chi connectivity index (χ3n) is 6.29. The standard InChI is InChI=1S/C25H31N3O/c1-17-13-18(2)21(19(3)14-17)16-28-23-12-8-7-11-22(23)27-24(28)15-26-25(29)20-9-5-4-6-10-20/h7-8,11-14,20H,4-6,9-10,15-16H2,1-3H3,(H,26,29). The number of aryl methyl sites for hydroxylation is 3. The molecule has 1 aromatic heterocycles. The molecule has 0 unspecified atom stereocenters. The minimum absolute atomic E-state index is 0.170. The van der Waals surface area contributed by atoms with Crippen molar-refractivity contribution in [1.29, 1.82) is 0 Å². The van der Waals surface area contributed by atoms with Crippen LogP contribution in [0.5, 0.6) is 0 Å². The van der Waals surface area contributed by atoms with Gasteiger partial charge in [0, 0.05) is 12.5 Å². The van der Waals surface area contributed by atoms with Gasteiger partial charge >= 0.3 is 0 Å². The van der Waals surface area contributed by atoms with Crippen molar-refractivity contribution in [2.45, 2.75) is 66.0 Å². The zero-order valence-electron chi connectivity index (χ0n) is 17.8. The van der Waals surface area contributed by atoms with Crippen LogP contribution in [0.1, 0.15) is 60.2 Å². The van der Waals surface area contributed by atoms with Crippen molar-refractivity contribution >= 4 is 16.9 Å². The smallest absolute Gasteiger partial charge is 0.223 e. The largest absolute Gasteiger partial charge is 0.349 e. The number of nitrogens with zero attached hydrogens (tertiary/aromatic N) is 2. The van der Waals surface area contributed by atoms with E-state index in [1.807, 2.05) is 12.1 Å². The van der Waals surface area contributed by atoms with Crippen LogP contribution in [0.3, 0.4) is 0 Å². The zero-order chi connectivity index (χ0) is 20.4. The Hall–Kier alpha value is -2.62. The Balaban J connectivity index is 1.62. The number of para-hydroxylation sites is 2. The van der Waals surface area contributed by atoms with Gasteiger partial charge in [0.05, 0.1) is 17.6 Å². The quantitative estimate of drug-likeness (QED) is 0.651. The summed E-state index contributed by atoms with van der Waals surface area (Å²) in [6.07, 6.45) is 5.63. The van der Waals surface area contributed by atoms with Crippen molar-refractivity contribution in [2.24, 2.45) is 5.92 Å². The van der Waals surface area contributed by atoms with Gasteiger partial charge in [-0.2, -0.15) is 0 Å². The Labute approximate surface area is 173 Å². The molecule has 3 aromatic rings. The number of hydrogen-bond acceptors (Lipinski definition) is 2. The lowest BCUT2D eigenvalue weighted by atomic mass is 9.89. The molecule has 4 nitrogen and oxygen atoms in total. The van der Waals surface area contributed by atoms with Crippen molar-refractivity contribution in [2.75, 3.05) is 0 Å². The molecule has 29 heavy (non-hydrogen) atoms. The van der Waals surface area contributed by atoms with E-state index in [1.54, 1.807) is 0 Å². The van der Waals surface area contributed by atoms with Crippen LogP contribution in [0.4, 0.5) is 0 Å². The average Bonchev–Trinajstić information content (AvgIpc) is 3.07. The molecule has 0 bridgehead atoms. The van der Waals surface area contributed by atoms with Crippen LogP contribution in [-0.4, -0.2) is 15.5 Å². The number of hydrogen-bond donors (Lipinski definition) is 1. The summed E-state index contributed by atoms with van der Waals surface area (Å²) in [6, 6.07) is 12.7. The summed E-state index contributed by atoms with van der Waals surface area (Å²) in [5.41, 5.74) is 7.33. The van der Waals surface area contributed by atoms with E-state index in [0.717, 1.165) is 36.2 Å². The van der Waals surface area contributed by atoms with Crippen LogP contribution in [0.25, 0.3) is 11.0 Å². The molecule has 4 rings (SSSR count). The Morgan fingerprint density at radius 2 is 1.76 bits per heavy atom. The molecule has 0 radical (unpaired) electrons. The van der Waals surface area contributed by atoms with E-state index < -0.39 is 0 Å². The lowest BCUT2D eigenvalue weighted by Gasteiger charge is -2.21. The van der Waals surface area contributed by atoms with Crippen molar-refractivity contribution < 1.29 is 4.79 Å². The lowest BCUT2D eigenvalue weighted by Crippen LogP contribution is -2.32. The summed E-state index contributed by atoms with van der Waals surface area (Å²) >= 11 is 0. The van der Waals surface area contributed by atoms with Gasteiger partial charge in [-0.25, -0.2) is 4.98 Å². The molecule has 1 aliphatic carbocycles. The Kier molecular flexibility index (Phi) is 5.70. The van der Waals surface area contributed by atoms with Gasteiger partial charge in [-0.15, -0.1) is 0 Å². The number of imidazole rings is 1. The van der Waals surface area contributed by atoms with Gasteiger partial charge in [-0.3, -0.25) is 4.79 Å². The molecular weight excluding hydrogens is 358 g/mol. The highest BCUT2D eigenvalue weighted by molar-refractivity contribution is 5.79. The van der Waals surface area contributed by atoms with Crippen LogP contribution < -0.4 is 5.32 Å². The molecule has 152 valence electrons. The predicted molar refractivity (Wildman–Crippen MR) is 118 cm³/mol. The normalized spacial score (nSPS) is 15.0. The highest BCUT2D eigenvalue weighted by Crippen LogP contribution is 2.25.